The molecule has 9 nitrogen and oxygen atoms in total. The van der Waals surface area contributed by atoms with Gasteiger partial charge in [0, 0.05) is 17.5 Å². The Balaban J connectivity index is 0.000000532. The standard InChI is InChI=1S/C22H22FN3O4S2.C2HF3O2/c1-30-17-10-8-15(9-11-17)19-14-31-22(24-19)25-21(27)20-7-2-3-12-26(20)32(28,29)18-6-4-5-16(23)13-18;3-2(4,5)1(6)7/h4-6,8-11,13-14,20H,2-3,7,12H2,1H3,(H,24,25,27);(H,6,7)/t20-;/m1./s1. The Morgan fingerprint density at radius 3 is 2.41 bits per heavy atom. The van der Waals surface area contributed by atoms with Crippen molar-refractivity contribution in [1.82, 2.24) is 9.29 Å². The van der Waals surface area contributed by atoms with Gasteiger partial charge in [0.1, 0.15) is 17.6 Å². The summed E-state index contributed by atoms with van der Waals surface area (Å²) < 4.78 is 77.9. The van der Waals surface area contributed by atoms with Crippen LogP contribution in [0.1, 0.15) is 19.3 Å². The number of amides is 1. The Morgan fingerprint density at radius 2 is 1.82 bits per heavy atom. The fourth-order valence-electron chi connectivity index (χ4n) is 3.63. The van der Waals surface area contributed by atoms with E-state index in [4.69, 9.17) is 14.6 Å². The summed E-state index contributed by atoms with van der Waals surface area (Å²) in [5.74, 6) is -3.11. The number of halogens is 4. The normalized spacial score (nSPS) is 16.1. The molecule has 1 aliphatic heterocycles. The van der Waals surface area contributed by atoms with Gasteiger partial charge in [0.25, 0.3) is 0 Å². The van der Waals surface area contributed by atoms with Gasteiger partial charge in [0.15, 0.2) is 5.13 Å². The number of hydrogen-bond acceptors (Lipinski definition) is 7. The zero-order chi connectivity index (χ0) is 28.8. The van der Waals surface area contributed by atoms with Gasteiger partial charge in [-0.25, -0.2) is 22.6 Å². The van der Waals surface area contributed by atoms with E-state index in [1.54, 1.807) is 7.11 Å². The molecule has 2 heterocycles. The maximum absolute atomic E-state index is 13.6. The number of aliphatic carboxylic acids is 1. The molecule has 210 valence electrons. The zero-order valence-electron chi connectivity index (χ0n) is 20.3. The summed E-state index contributed by atoms with van der Waals surface area (Å²) >= 11 is 1.26. The van der Waals surface area contributed by atoms with Crippen LogP contribution in [0.25, 0.3) is 11.3 Å². The first kappa shape index (κ1) is 30.0. The third-order valence-corrected chi connectivity index (χ3v) is 8.18. The molecule has 0 radical (unpaired) electrons. The second-order valence-corrected chi connectivity index (χ2v) is 10.9. The van der Waals surface area contributed by atoms with Gasteiger partial charge < -0.3 is 15.2 Å². The van der Waals surface area contributed by atoms with Gasteiger partial charge in [0.05, 0.1) is 17.7 Å². The van der Waals surface area contributed by atoms with Crippen molar-refractivity contribution in [1.29, 1.82) is 0 Å². The molecule has 15 heteroatoms. The third-order valence-electron chi connectivity index (χ3n) is 5.52. The second kappa shape index (κ2) is 12.5. The molecule has 1 saturated heterocycles. The van der Waals surface area contributed by atoms with Crippen LogP contribution in [0.4, 0.5) is 22.7 Å². The number of aromatic nitrogens is 1. The number of alkyl halides is 3. The second-order valence-electron chi connectivity index (χ2n) is 8.14. The highest BCUT2D eigenvalue weighted by molar-refractivity contribution is 7.89. The van der Waals surface area contributed by atoms with Crippen LogP contribution in [0.3, 0.4) is 0 Å². The smallest absolute Gasteiger partial charge is 0.490 e. The molecule has 3 aromatic rings. The van der Waals surface area contributed by atoms with E-state index in [1.807, 2.05) is 29.6 Å². The fraction of sp³-hybridized carbons (Fsp3) is 0.292. The lowest BCUT2D eigenvalue weighted by Gasteiger charge is -2.33. The van der Waals surface area contributed by atoms with E-state index in [2.05, 4.69) is 10.3 Å². The predicted molar refractivity (Wildman–Crippen MR) is 134 cm³/mol. The van der Waals surface area contributed by atoms with Gasteiger partial charge in [-0.05, 0) is 55.3 Å². The monoisotopic (exact) mass is 589 g/mol. The largest absolute Gasteiger partial charge is 0.497 e. The number of carbonyl (C=O) groups excluding carboxylic acids is 1. The predicted octanol–water partition coefficient (Wildman–Crippen LogP) is 4.77. The van der Waals surface area contributed by atoms with Crippen molar-refractivity contribution in [2.75, 3.05) is 19.0 Å². The number of carboxylic acid groups (broad SMARTS) is 1. The molecular weight excluding hydrogens is 566 g/mol. The SMILES string of the molecule is COc1ccc(-c2csc(NC(=O)[C@H]3CCCCN3S(=O)(=O)c3cccc(F)c3)n2)cc1.O=C(O)C(F)(F)F. The van der Waals surface area contributed by atoms with Crippen molar-refractivity contribution in [3.63, 3.8) is 0 Å². The number of nitrogens with zero attached hydrogens (tertiary/aromatic N) is 2. The molecule has 1 amide bonds. The van der Waals surface area contributed by atoms with Gasteiger partial charge >= 0.3 is 12.1 Å². The summed E-state index contributed by atoms with van der Waals surface area (Å²) in [6.07, 6.45) is -3.34. The van der Waals surface area contributed by atoms with Crippen molar-refractivity contribution in [2.45, 2.75) is 36.4 Å². The molecule has 4 rings (SSSR count). The minimum Gasteiger partial charge on any atom is -0.497 e. The van der Waals surface area contributed by atoms with E-state index in [9.17, 15) is 30.8 Å². The molecule has 0 aliphatic carbocycles. The summed E-state index contributed by atoms with van der Waals surface area (Å²) in [5.41, 5.74) is 1.57. The van der Waals surface area contributed by atoms with Gasteiger partial charge in [-0.2, -0.15) is 17.5 Å². The number of methoxy groups -OCH3 is 1. The average molecular weight is 590 g/mol. The van der Waals surface area contributed by atoms with Gasteiger partial charge in [-0.3, -0.25) is 4.79 Å². The molecule has 2 N–H and O–H groups in total. The molecule has 39 heavy (non-hydrogen) atoms. The van der Waals surface area contributed by atoms with Gasteiger partial charge in [-0.15, -0.1) is 11.3 Å². The number of rotatable bonds is 6. The average Bonchev–Trinajstić information content (AvgIpc) is 3.37. The first-order valence-electron chi connectivity index (χ1n) is 11.3. The van der Waals surface area contributed by atoms with Crippen LogP contribution in [0, 0.1) is 5.82 Å². The third kappa shape index (κ3) is 7.74. The van der Waals surface area contributed by atoms with E-state index in [1.165, 1.54) is 33.8 Å². The number of hydrogen-bond donors (Lipinski definition) is 2. The maximum atomic E-state index is 13.6. The summed E-state index contributed by atoms with van der Waals surface area (Å²) in [5, 5.41) is 12.1. The number of nitrogens with one attached hydrogen (secondary N) is 1. The number of thiazole rings is 1. The minimum absolute atomic E-state index is 0.159. The summed E-state index contributed by atoms with van der Waals surface area (Å²) in [4.78, 5) is 26.2. The van der Waals surface area contributed by atoms with Crippen LogP contribution in [-0.4, -0.2) is 60.6 Å². The van der Waals surface area contributed by atoms with Crippen LogP contribution in [-0.2, 0) is 19.6 Å². The molecule has 1 atom stereocenters. The van der Waals surface area contributed by atoms with Crippen molar-refractivity contribution in [3.05, 3.63) is 59.7 Å². The molecule has 0 bridgehead atoms. The molecule has 0 saturated carbocycles. The molecule has 2 aromatic carbocycles. The molecular formula is C24H23F4N3O6S2. The van der Waals surface area contributed by atoms with Crippen LogP contribution in [0.5, 0.6) is 5.75 Å². The molecule has 1 aromatic heterocycles. The maximum Gasteiger partial charge on any atom is 0.490 e. The lowest BCUT2D eigenvalue weighted by Crippen LogP contribution is -2.49. The highest BCUT2D eigenvalue weighted by Gasteiger charge is 2.39. The Labute approximate surface area is 225 Å². The number of sulfonamides is 1. The van der Waals surface area contributed by atoms with Crippen molar-refractivity contribution < 1.29 is 45.4 Å². The Morgan fingerprint density at radius 1 is 1.15 bits per heavy atom. The quantitative estimate of drug-likeness (QED) is 0.397. The molecule has 1 aliphatic rings. The Kier molecular flexibility index (Phi) is 9.63. The molecule has 0 spiro atoms. The molecule has 1 fully saturated rings. The number of carbonyl (C=O) groups is 2. The fourth-order valence-corrected chi connectivity index (χ4v) is 6.04. The van der Waals surface area contributed by atoms with E-state index >= 15 is 0 Å². The van der Waals surface area contributed by atoms with Crippen molar-refractivity contribution >= 4 is 38.4 Å². The lowest BCUT2D eigenvalue weighted by atomic mass is 10.0. The number of piperidine rings is 1. The highest BCUT2D eigenvalue weighted by atomic mass is 32.2. The van der Waals surface area contributed by atoms with E-state index in [0.29, 0.717) is 23.7 Å². The first-order chi connectivity index (χ1) is 18.3. The van der Waals surface area contributed by atoms with Crippen molar-refractivity contribution in [2.24, 2.45) is 0 Å². The summed E-state index contributed by atoms with van der Waals surface area (Å²) in [6, 6.07) is 11.3. The van der Waals surface area contributed by atoms with Crippen LogP contribution in [0.2, 0.25) is 0 Å². The van der Waals surface area contributed by atoms with E-state index in [0.717, 1.165) is 23.8 Å². The van der Waals surface area contributed by atoms with E-state index < -0.39 is 39.9 Å². The Hall–Kier alpha value is -3.56. The lowest BCUT2D eigenvalue weighted by molar-refractivity contribution is -0.192. The van der Waals surface area contributed by atoms with Gasteiger partial charge in [-0.1, -0.05) is 12.5 Å². The van der Waals surface area contributed by atoms with Crippen LogP contribution >= 0.6 is 11.3 Å². The number of benzene rings is 2. The molecule has 0 unspecified atom stereocenters. The van der Waals surface area contributed by atoms with Crippen LogP contribution < -0.4 is 10.1 Å². The number of carboxylic acids is 1. The number of anilines is 1. The highest BCUT2D eigenvalue weighted by Crippen LogP contribution is 2.29. The minimum atomic E-state index is -5.08. The van der Waals surface area contributed by atoms with Gasteiger partial charge in [0.2, 0.25) is 15.9 Å². The van der Waals surface area contributed by atoms with Crippen molar-refractivity contribution in [3.8, 4) is 17.0 Å². The Bertz CT molecular complexity index is 1410. The summed E-state index contributed by atoms with van der Waals surface area (Å²) in [6.45, 7) is 0.200. The topological polar surface area (TPSA) is 126 Å². The van der Waals surface area contributed by atoms with Crippen LogP contribution in [0.15, 0.2) is 58.8 Å². The number of ether oxygens (including phenoxy) is 1. The summed E-state index contributed by atoms with van der Waals surface area (Å²) in [7, 11) is -2.42. The first-order valence-corrected chi connectivity index (χ1v) is 13.6. The zero-order valence-corrected chi connectivity index (χ0v) is 21.9. The van der Waals surface area contributed by atoms with E-state index in [-0.39, 0.29) is 11.4 Å².